The predicted molar refractivity (Wildman–Crippen MR) is 77.6 cm³/mol. The first kappa shape index (κ1) is 11.7. The Morgan fingerprint density at radius 2 is 1.89 bits per heavy atom. The summed E-state index contributed by atoms with van der Waals surface area (Å²) in [5.41, 5.74) is 1.39. The summed E-state index contributed by atoms with van der Waals surface area (Å²) in [4.78, 5) is 0. The maximum absolute atomic E-state index is 3.66. The van der Waals surface area contributed by atoms with E-state index in [1.54, 1.807) is 0 Å². The molecular formula is C17H21N. The molecule has 0 saturated heterocycles. The van der Waals surface area contributed by atoms with Crippen LogP contribution >= 0.6 is 0 Å². The molecule has 1 aliphatic carbocycles. The summed E-state index contributed by atoms with van der Waals surface area (Å²) in [5.74, 6) is 1.84. The molecule has 2 aromatic carbocycles. The molecule has 0 radical (unpaired) electrons. The molecule has 0 heterocycles. The summed E-state index contributed by atoms with van der Waals surface area (Å²) >= 11 is 0. The van der Waals surface area contributed by atoms with Crippen molar-refractivity contribution in [3.8, 4) is 0 Å². The van der Waals surface area contributed by atoms with E-state index < -0.39 is 0 Å². The Hall–Kier alpha value is -1.34. The Morgan fingerprint density at radius 1 is 1.17 bits per heavy atom. The number of benzene rings is 2. The van der Waals surface area contributed by atoms with E-state index in [2.05, 4.69) is 61.6 Å². The van der Waals surface area contributed by atoms with Crippen LogP contribution in [0.1, 0.15) is 31.9 Å². The minimum absolute atomic E-state index is 0.447. The lowest BCUT2D eigenvalue weighted by Crippen LogP contribution is -2.21. The van der Waals surface area contributed by atoms with Crippen LogP contribution < -0.4 is 5.32 Å². The van der Waals surface area contributed by atoms with E-state index in [1.165, 1.54) is 22.8 Å². The first-order chi connectivity index (χ1) is 8.74. The van der Waals surface area contributed by atoms with Gasteiger partial charge in [-0.05, 0) is 54.1 Å². The number of nitrogens with one attached hydrogen (secondary N) is 1. The maximum atomic E-state index is 3.66. The van der Waals surface area contributed by atoms with Gasteiger partial charge in [-0.2, -0.15) is 0 Å². The van der Waals surface area contributed by atoms with Crippen LogP contribution in [0.15, 0.2) is 42.5 Å². The second kappa shape index (κ2) is 4.74. The van der Waals surface area contributed by atoms with Gasteiger partial charge in [-0.1, -0.05) is 43.3 Å². The fourth-order valence-corrected chi connectivity index (χ4v) is 2.61. The second-order valence-electron chi connectivity index (χ2n) is 5.71. The summed E-state index contributed by atoms with van der Waals surface area (Å²) in [5, 5.41) is 6.32. The molecule has 0 amide bonds. The maximum Gasteiger partial charge on any atom is 0.0292 e. The van der Waals surface area contributed by atoms with Crippen LogP contribution in [0.25, 0.3) is 10.8 Å². The van der Waals surface area contributed by atoms with Gasteiger partial charge in [0.05, 0.1) is 0 Å². The lowest BCUT2D eigenvalue weighted by atomic mass is 10.0. The zero-order chi connectivity index (χ0) is 12.5. The highest BCUT2D eigenvalue weighted by Crippen LogP contribution is 2.37. The number of hydrogen-bond donors (Lipinski definition) is 1. The van der Waals surface area contributed by atoms with Crippen LogP contribution in [-0.4, -0.2) is 6.54 Å². The molecular weight excluding hydrogens is 218 g/mol. The highest BCUT2D eigenvalue weighted by Gasteiger charge is 2.32. The molecule has 1 N–H and O–H groups in total. The van der Waals surface area contributed by atoms with Crippen molar-refractivity contribution in [2.45, 2.75) is 26.3 Å². The van der Waals surface area contributed by atoms with Crippen molar-refractivity contribution in [2.75, 3.05) is 6.54 Å². The van der Waals surface area contributed by atoms with E-state index in [0.717, 1.165) is 18.4 Å². The minimum atomic E-state index is 0.447. The molecule has 3 rings (SSSR count). The van der Waals surface area contributed by atoms with E-state index in [1.807, 2.05) is 0 Å². The van der Waals surface area contributed by atoms with Gasteiger partial charge in [-0.25, -0.2) is 0 Å². The molecule has 3 atom stereocenters. The lowest BCUT2D eigenvalue weighted by Gasteiger charge is -2.15. The summed E-state index contributed by atoms with van der Waals surface area (Å²) < 4.78 is 0. The van der Waals surface area contributed by atoms with Crippen LogP contribution in [0.4, 0.5) is 0 Å². The molecule has 0 bridgehead atoms. The lowest BCUT2D eigenvalue weighted by molar-refractivity contribution is 0.535. The summed E-state index contributed by atoms with van der Waals surface area (Å²) in [7, 11) is 0. The first-order valence-corrected chi connectivity index (χ1v) is 6.96. The summed E-state index contributed by atoms with van der Waals surface area (Å²) in [6, 6.07) is 15.8. The van der Waals surface area contributed by atoms with Crippen LogP contribution in [0.5, 0.6) is 0 Å². The fraction of sp³-hybridized carbons (Fsp3) is 0.412. The third-order valence-electron chi connectivity index (χ3n) is 4.24. The molecule has 1 saturated carbocycles. The Bertz CT molecular complexity index is 546. The monoisotopic (exact) mass is 239 g/mol. The van der Waals surface area contributed by atoms with E-state index in [0.29, 0.717) is 6.04 Å². The SMILES string of the molecule is CC(NCC1CC1C)c1ccc2ccccc2c1. The fourth-order valence-electron chi connectivity index (χ4n) is 2.61. The van der Waals surface area contributed by atoms with Crippen molar-refractivity contribution >= 4 is 10.8 Å². The van der Waals surface area contributed by atoms with Crippen molar-refractivity contribution in [1.82, 2.24) is 5.32 Å². The van der Waals surface area contributed by atoms with E-state index in [-0.39, 0.29) is 0 Å². The molecule has 1 heteroatoms. The number of fused-ring (bicyclic) bond motifs is 1. The molecule has 94 valence electrons. The second-order valence-corrected chi connectivity index (χ2v) is 5.71. The van der Waals surface area contributed by atoms with E-state index in [4.69, 9.17) is 0 Å². The van der Waals surface area contributed by atoms with Crippen molar-refractivity contribution in [1.29, 1.82) is 0 Å². The number of rotatable bonds is 4. The van der Waals surface area contributed by atoms with E-state index >= 15 is 0 Å². The Kier molecular flexibility index (Phi) is 3.09. The smallest absolute Gasteiger partial charge is 0.0292 e. The van der Waals surface area contributed by atoms with Crippen LogP contribution in [0, 0.1) is 11.8 Å². The molecule has 0 aromatic heterocycles. The van der Waals surface area contributed by atoms with E-state index in [9.17, 15) is 0 Å². The van der Waals surface area contributed by atoms with Crippen LogP contribution in [0.3, 0.4) is 0 Å². The summed E-state index contributed by atoms with van der Waals surface area (Å²) in [6.45, 7) is 5.76. The average molecular weight is 239 g/mol. The zero-order valence-electron chi connectivity index (χ0n) is 11.2. The zero-order valence-corrected chi connectivity index (χ0v) is 11.2. The highest BCUT2D eigenvalue weighted by molar-refractivity contribution is 5.83. The van der Waals surface area contributed by atoms with Crippen LogP contribution in [0.2, 0.25) is 0 Å². The molecule has 2 aromatic rings. The van der Waals surface area contributed by atoms with Gasteiger partial charge < -0.3 is 5.32 Å². The Balaban J connectivity index is 1.72. The third-order valence-corrected chi connectivity index (χ3v) is 4.24. The van der Waals surface area contributed by atoms with Gasteiger partial charge in [0.15, 0.2) is 0 Å². The molecule has 0 aliphatic heterocycles. The molecule has 3 unspecified atom stereocenters. The van der Waals surface area contributed by atoms with Crippen molar-refractivity contribution in [2.24, 2.45) is 11.8 Å². The largest absolute Gasteiger partial charge is 0.310 e. The Morgan fingerprint density at radius 3 is 2.61 bits per heavy atom. The molecule has 1 nitrogen and oxygen atoms in total. The van der Waals surface area contributed by atoms with Gasteiger partial charge >= 0.3 is 0 Å². The van der Waals surface area contributed by atoms with Crippen LogP contribution in [-0.2, 0) is 0 Å². The highest BCUT2D eigenvalue weighted by atomic mass is 14.9. The normalized spacial score (nSPS) is 24.1. The van der Waals surface area contributed by atoms with Crippen molar-refractivity contribution in [3.05, 3.63) is 48.0 Å². The standard InChI is InChI=1S/C17H21N/c1-12-9-17(12)11-18-13(2)15-8-7-14-5-3-4-6-16(14)10-15/h3-8,10,12-13,17-18H,9,11H2,1-2H3. The quantitative estimate of drug-likeness (QED) is 0.845. The van der Waals surface area contributed by atoms with Gasteiger partial charge in [-0.15, -0.1) is 0 Å². The van der Waals surface area contributed by atoms with Gasteiger partial charge in [0.2, 0.25) is 0 Å². The van der Waals surface area contributed by atoms with Crippen molar-refractivity contribution < 1.29 is 0 Å². The third kappa shape index (κ3) is 2.41. The first-order valence-electron chi connectivity index (χ1n) is 6.96. The molecule has 18 heavy (non-hydrogen) atoms. The van der Waals surface area contributed by atoms with Gasteiger partial charge in [-0.3, -0.25) is 0 Å². The summed E-state index contributed by atoms with van der Waals surface area (Å²) in [6.07, 6.45) is 1.40. The average Bonchev–Trinajstić information content (AvgIpc) is 3.11. The Labute approximate surface area is 109 Å². The molecule has 0 spiro atoms. The van der Waals surface area contributed by atoms with Gasteiger partial charge in [0, 0.05) is 6.04 Å². The van der Waals surface area contributed by atoms with Crippen molar-refractivity contribution in [3.63, 3.8) is 0 Å². The molecule has 1 aliphatic rings. The van der Waals surface area contributed by atoms with Gasteiger partial charge in [0.1, 0.15) is 0 Å². The number of hydrogen-bond acceptors (Lipinski definition) is 1. The topological polar surface area (TPSA) is 12.0 Å². The molecule has 1 fully saturated rings. The predicted octanol–water partition coefficient (Wildman–Crippen LogP) is 4.15. The minimum Gasteiger partial charge on any atom is -0.310 e. The van der Waals surface area contributed by atoms with Gasteiger partial charge in [0.25, 0.3) is 0 Å².